The summed E-state index contributed by atoms with van der Waals surface area (Å²) in [7, 11) is 0. The Morgan fingerprint density at radius 3 is 2.14 bits per heavy atom. The van der Waals surface area contributed by atoms with Crippen LogP contribution in [0.2, 0.25) is 0 Å². The third-order valence-electron chi connectivity index (χ3n) is 7.14. The molecule has 3 saturated heterocycles. The Morgan fingerprint density at radius 1 is 0.943 bits per heavy atom. The fourth-order valence-corrected chi connectivity index (χ4v) is 5.06. The summed E-state index contributed by atoms with van der Waals surface area (Å²) in [5, 5.41) is 9.04. The van der Waals surface area contributed by atoms with Crippen molar-refractivity contribution >= 4 is 17.5 Å². The van der Waals surface area contributed by atoms with E-state index in [1.54, 1.807) is 0 Å². The molecule has 1 amide bonds. The van der Waals surface area contributed by atoms with Crippen LogP contribution in [0.15, 0.2) is 42.5 Å². The molecule has 0 saturated carbocycles. The molecule has 0 radical (unpaired) electrons. The molecule has 1 aromatic carbocycles. The van der Waals surface area contributed by atoms with Gasteiger partial charge in [0.2, 0.25) is 0 Å². The van der Waals surface area contributed by atoms with Crippen molar-refractivity contribution in [3.8, 4) is 5.75 Å². The fourth-order valence-electron chi connectivity index (χ4n) is 5.06. The molecule has 3 fully saturated rings. The number of benzene rings is 1. The Bertz CT molecular complexity index is 937. The minimum absolute atomic E-state index is 0.0218. The number of anilines is 2. The zero-order valence-corrected chi connectivity index (χ0v) is 20.6. The molecule has 2 aromatic rings. The van der Waals surface area contributed by atoms with Crippen LogP contribution in [0.4, 0.5) is 11.6 Å². The average molecular weight is 481 g/mol. The Hall–Kier alpha value is -2.91. The van der Waals surface area contributed by atoms with Crippen LogP contribution in [0, 0.1) is 0 Å². The molecule has 0 spiro atoms. The Balaban J connectivity index is 1.07. The van der Waals surface area contributed by atoms with Crippen molar-refractivity contribution in [2.75, 3.05) is 75.3 Å². The van der Waals surface area contributed by atoms with Gasteiger partial charge in [-0.1, -0.05) is 18.2 Å². The molecule has 9 heteroatoms. The van der Waals surface area contributed by atoms with E-state index in [0.29, 0.717) is 24.9 Å². The zero-order chi connectivity index (χ0) is 24.0. The Kier molecular flexibility index (Phi) is 7.63. The van der Waals surface area contributed by atoms with Gasteiger partial charge in [0.25, 0.3) is 5.91 Å². The van der Waals surface area contributed by atoms with E-state index < -0.39 is 6.10 Å². The Labute approximate surface area is 207 Å². The lowest BCUT2D eigenvalue weighted by Crippen LogP contribution is -2.52. The third kappa shape index (κ3) is 6.02. The summed E-state index contributed by atoms with van der Waals surface area (Å²) in [6.07, 6.45) is 2.29. The Morgan fingerprint density at radius 2 is 1.57 bits per heavy atom. The van der Waals surface area contributed by atoms with Crippen LogP contribution < -0.4 is 14.5 Å². The molecule has 3 aliphatic heterocycles. The number of hydrogen-bond acceptors (Lipinski definition) is 8. The highest BCUT2D eigenvalue weighted by atomic mass is 16.5. The number of piperazine rings is 2. The van der Waals surface area contributed by atoms with Crippen molar-refractivity contribution in [2.45, 2.75) is 32.0 Å². The van der Waals surface area contributed by atoms with Gasteiger partial charge in [-0.2, -0.15) is 0 Å². The van der Waals surface area contributed by atoms with Crippen molar-refractivity contribution < 1.29 is 14.3 Å². The highest BCUT2D eigenvalue weighted by Crippen LogP contribution is 2.20. The molecule has 188 valence electrons. The van der Waals surface area contributed by atoms with E-state index in [9.17, 15) is 4.79 Å². The number of nitrogens with zero attached hydrogens (tertiary/aromatic N) is 6. The molecule has 0 aliphatic carbocycles. The maximum atomic E-state index is 12.8. The lowest BCUT2D eigenvalue weighted by atomic mass is 10.2. The van der Waals surface area contributed by atoms with E-state index in [0.717, 1.165) is 64.1 Å². The predicted octanol–water partition coefficient (Wildman–Crippen LogP) is 1.89. The van der Waals surface area contributed by atoms with Crippen molar-refractivity contribution in [1.29, 1.82) is 0 Å². The normalized spacial score (nSPS) is 22.3. The predicted molar refractivity (Wildman–Crippen MR) is 135 cm³/mol. The number of ether oxygens (including phenoxy) is 2. The molecule has 1 aromatic heterocycles. The first-order valence-electron chi connectivity index (χ1n) is 12.8. The third-order valence-corrected chi connectivity index (χ3v) is 7.14. The molecule has 35 heavy (non-hydrogen) atoms. The molecule has 2 atom stereocenters. The molecule has 3 aliphatic rings. The van der Waals surface area contributed by atoms with Gasteiger partial charge in [0.15, 0.2) is 17.7 Å². The minimum Gasteiger partial charge on any atom is -0.481 e. The van der Waals surface area contributed by atoms with Gasteiger partial charge in [-0.15, -0.1) is 10.2 Å². The van der Waals surface area contributed by atoms with Crippen LogP contribution in [-0.2, 0) is 9.53 Å². The van der Waals surface area contributed by atoms with E-state index in [1.165, 1.54) is 12.8 Å². The molecular weight excluding hydrogens is 444 g/mol. The first-order chi connectivity index (χ1) is 17.2. The maximum Gasteiger partial charge on any atom is 0.263 e. The summed E-state index contributed by atoms with van der Waals surface area (Å²) in [4.78, 5) is 21.7. The quantitative estimate of drug-likeness (QED) is 0.595. The standard InChI is InChI=1S/C26H36N6O3/c1-21(35-22-6-3-2-4-7-22)26(33)32-17-15-31(16-18-32)25-10-9-24(27-28-25)30-13-11-29(12-14-30)20-23-8-5-19-34-23/h2-4,6-7,9-10,21,23H,5,8,11-20H2,1H3. The van der Waals surface area contributed by atoms with E-state index >= 15 is 0 Å². The topological polar surface area (TPSA) is 74.3 Å². The summed E-state index contributed by atoms with van der Waals surface area (Å²) in [6.45, 7) is 10.5. The number of carbonyl (C=O) groups excluding carboxylic acids is 1. The van der Waals surface area contributed by atoms with Gasteiger partial charge in [0.1, 0.15) is 5.75 Å². The minimum atomic E-state index is -0.505. The van der Waals surface area contributed by atoms with Crippen LogP contribution in [0.1, 0.15) is 19.8 Å². The van der Waals surface area contributed by atoms with Crippen LogP contribution in [-0.4, -0.2) is 104 Å². The molecule has 0 bridgehead atoms. The first-order valence-corrected chi connectivity index (χ1v) is 12.8. The molecule has 5 rings (SSSR count). The lowest BCUT2D eigenvalue weighted by Gasteiger charge is -2.37. The van der Waals surface area contributed by atoms with Gasteiger partial charge >= 0.3 is 0 Å². The van der Waals surface area contributed by atoms with Crippen LogP contribution in [0.25, 0.3) is 0 Å². The number of aromatic nitrogens is 2. The van der Waals surface area contributed by atoms with Gasteiger partial charge in [-0.25, -0.2) is 0 Å². The molecule has 4 heterocycles. The molecule has 9 nitrogen and oxygen atoms in total. The second kappa shape index (κ2) is 11.2. The summed E-state index contributed by atoms with van der Waals surface area (Å²) >= 11 is 0. The number of amides is 1. The molecule has 2 unspecified atom stereocenters. The average Bonchev–Trinajstić information content (AvgIpc) is 3.43. The molecular formula is C26H36N6O3. The number of rotatable bonds is 7. The summed E-state index contributed by atoms with van der Waals surface area (Å²) in [5.41, 5.74) is 0. The lowest BCUT2D eigenvalue weighted by molar-refractivity contribution is -0.138. The number of carbonyl (C=O) groups is 1. The van der Waals surface area contributed by atoms with Crippen molar-refractivity contribution in [3.63, 3.8) is 0 Å². The van der Waals surface area contributed by atoms with Crippen LogP contribution in [0.3, 0.4) is 0 Å². The monoisotopic (exact) mass is 480 g/mol. The number of para-hydroxylation sites is 1. The van der Waals surface area contributed by atoms with E-state index in [1.807, 2.05) is 42.2 Å². The van der Waals surface area contributed by atoms with Gasteiger partial charge in [0, 0.05) is 65.5 Å². The fraction of sp³-hybridized carbons (Fsp3) is 0.577. The SMILES string of the molecule is CC(Oc1ccccc1)C(=O)N1CCN(c2ccc(N3CCN(CC4CCCO4)CC3)nn2)CC1. The first kappa shape index (κ1) is 23.8. The second-order valence-electron chi connectivity index (χ2n) is 9.56. The molecule has 0 N–H and O–H groups in total. The summed E-state index contributed by atoms with van der Waals surface area (Å²) < 4.78 is 11.6. The number of hydrogen-bond donors (Lipinski definition) is 0. The summed E-state index contributed by atoms with van der Waals surface area (Å²) in [6, 6.07) is 13.6. The highest BCUT2D eigenvalue weighted by Gasteiger charge is 2.27. The second-order valence-corrected chi connectivity index (χ2v) is 9.56. The zero-order valence-electron chi connectivity index (χ0n) is 20.6. The van der Waals surface area contributed by atoms with Crippen molar-refractivity contribution in [2.24, 2.45) is 0 Å². The largest absolute Gasteiger partial charge is 0.481 e. The smallest absolute Gasteiger partial charge is 0.263 e. The van der Waals surface area contributed by atoms with Crippen molar-refractivity contribution in [1.82, 2.24) is 20.0 Å². The maximum absolute atomic E-state index is 12.8. The van der Waals surface area contributed by atoms with Gasteiger partial charge < -0.3 is 24.2 Å². The van der Waals surface area contributed by atoms with E-state index in [2.05, 4.69) is 37.0 Å². The van der Waals surface area contributed by atoms with Crippen LogP contribution >= 0.6 is 0 Å². The van der Waals surface area contributed by atoms with Gasteiger partial charge in [-0.3, -0.25) is 9.69 Å². The van der Waals surface area contributed by atoms with E-state index in [-0.39, 0.29) is 5.91 Å². The highest BCUT2D eigenvalue weighted by molar-refractivity contribution is 5.81. The van der Waals surface area contributed by atoms with Gasteiger partial charge in [0.05, 0.1) is 6.10 Å². The summed E-state index contributed by atoms with van der Waals surface area (Å²) in [5.74, 6) is 2.54. The van der Waals surface area contributed by atoms with Crippen molar-refractivity contribution in [3.05, 3.63) is 42.5 Å². The van der Waals surface area contributed by atoms with Crippen LogP contribution in [0.5, 0.6) is 5.75 Å². The van der Waals surface area contributed by atoms with E-state index in [4.69, 9.17) is 9.47 Å². The van der Waals surface area contributed by atoms with Gasteiger partial charge in [-0.05, 0) is 44.0 Å².